The Morgan fingerprint density at radius 1 is 1.00 bits per heavy atom. The first-order chi connectivity index (χ1) is 10.5. The van der Waals surface area contributed by atoms with Gasteiger partial charge in [-0.15, -0.1) is 0 Å². The molecule has 2 aliphatic heterocycles. The maximum absolute atomic E-state index is 12.4. The minimum Gasteiger partial charge on any atom is -0.481 e. The van der Waals surface area contributed by atoms with E-state index in [4.69, 9.17) is 9.84 Å². The molecule has 0 spiro atoms. The van der Waals surface area contributed by atoms with Crippen LogP contribution in [0.25, 0.3) is 0 Å². The second-order valence-corrected chi connectivity index (χ2v) is 5.55. The van der Waals surface area contributed by atoms with Gasteiger partial charge >= 0.3 is 11.9 Å². The molecule has 2 heterocycles. The van der Waals surface area contributed by atoms with Gasteiger partial charge in [0, 0.05) is 5.69 Å². The minimum atomic E-state index is -1.05. The van der Waals surface area contributed by atoms with E-state index in [0.29, 0.717) is 18.5 Å². The Bertz CT molecular complexity index is 625. The van der Waals surface area contributed by atoms with Crippen LogP contribution in [0.5, 0.6) is 0 Å². The van der Waals surface area contributed by atoms with Gasteiger partial charge in [0.25, 0.3) is 0 Å². The van der Waals surface area contributed by atoms with Gasteiger partial charge in [0.15, 0.2) is 0 Å². The zero-order valence-corrected chi connectivity index (χ0v) is 11.6. The normalized spacial score (nSPS) is 29.3. The third-order valence-corrected chi connectivity index (χ3v) is 4.26. The maximum atomic E-state index is 12.4. The van der Waals surface area contributed by atoms with E-state index in [-0.39, 0.29) is 11.7 Å². The molecule has 3 rings (SSSR count). The maximum Gasteiger partial charge on any atom is 0.335 e. The van der Waals surface area contributed by atoms with Crippen LogP contribution < -0.4 is 5.32 Å². The first-order valence-electron chi connectivity index (χ1n) is 7.00. The fourth-order valence-electron chi connectivity index (χ4n) is 3.25. The van der Waals surface area contributed by atoms with Gasteiger partial charge in [0.1, 0.15) is 0 Å². The molecule has 0 saturated carbocycles. The number of carboxylic acids is 2. The fourth-order valence-corrected chi connectivity index (χ4v) is 3.25. The summed E-state index contributed by atoms with van der Waals surface area (Å²) in [6.45, 7) is 0. The molecule has 1 aromatic carbocycles. The zero-order chi connectivity index (χ0) is 15.9. The third kappa shape index (κ3) is 2.43. The van der Waals surface area contributed by atoms with Crippen LogP contribution in [0.4, 0.5) is 5.69 Å². The van der Waals surface area contributed by atoms with E-state index in [0.717, 1.165) is 0 Å². The van der Waals surface area contributed by atoms with E-state index in [1.54, 1.807) is 0 Å². The number of hydrogen-bond donors (Lipinski definition) is 3. The van der Waals surface area contributed by atoms with Crippen LogP contribution in [0.2, 0.25) is 0 Å². The molecule has 1 aromatic rings. The Balaban J connectivity index is 1.73. The Morgan fingerprint density at radius 3 is 2.14 bits per heavy atom. The van der Waals surface area contributed by atoms with Gasteiger partial charge in [0.05, 0.1) is 29.6 Å². The summed E-state index contributed by atoms with van der Waals surface area (Å²) in [7, 11) is 0. The van der Waals surface area contributed by atoms with E-state index in [9.17, 15) is 19.5 Å². The lowest BCUT2D eigenvalue weighted by Crippen LogP contribution is -2.40. The number of amides is 1. The lowest BCUT2D eigenvalue weighted by molar-refractivity contribution is -0.147. The van der Waals surface area contributed by atoms with Gasteiger partial charge < -0.3 is 20.3 Å². The highest BCUT2D eigenvalue weighted by Crippen LogP contribution is 2.44. The van der Waals surface area contributed by atoms with Crippen molar-refractivity contribution >= 4 is 23.5 Å². The summed E-state index contributed by atoms with van der Waals surface area (Å²) >= 11 is 0. The van der Waals surface area contributed by atoms with Crippen molar-refractivity contribution in [3.05, 3.63) is 29.8 Å². The molecule has 0 unspecified atom stereocenters. The quantitative estimate of drug-likeness (QED) is 0.770. The summed E-state index contributed by atoms with van der Waals surface area (Å²) in [5.41, 5.74) is 0.548. The first kappa shape index (κ1) is 14.5. The molecular weight excluding hydrogens is 290 g/mol. The van der Waals surface area contributed by atoms with Crippen molar-refractivity contribution in [2.75, 3.05) is 5.32 Å². The average molecular weight is 305 g/mol. The van der Waals surface area contributed by atoms with Gasteiger partial charge in [-0.2, -0.15) is 0 Å². The molecule has 2 saturated heterocycles. The van der Waals surface area contributed by atoms with Crippen molar-refractivity contribution in [2.45, 2.75) is 25.0 Å². The van der Waals surface area contributed by atoms with Crippen LogP contribution >= 0.6 is 0 Å². The largest absolute Gasteiger partial charge is 0.481 e. The molecular formula is C15H15NO6. The Morgan fingerprint density at radius 2 is 1.59 bits per heavy atom. The second-order valence-electron chi connectivity index (χ2n) is 5.55. The molecule has 0 radical (unpaired) electrons. The van der Waals surface area contributed by atoms with Crippen LogP contribution in [0.1, 0.15) is 23.2 Å². The van der Waals surface area contributed by atoms with Crippen LogP contribution in [-0.4, -0.2) is 40.3 Å². The highest BCUT2D eigenvalue weighted by molar-refractivity contribution is 5.96. The fraction of sp³-hybridized carbons (Fsp3) is 0.400. The van der Waals surface area contributed by atoms with E-state index in [1.165, 1.54) is 24.3 Å². The summed E-state index contributed by atoms with van der Waals surface area (Å²) in [5, 5.41) is 20.8. The van der Waals surface area contributed by atoms with Crippen molar-refractivity contribution in [3.63, 3.8) is 0 Å². The number of aliphatic carboxylic acids is 1. The number of carbonyl (C=O) groups excluding carboxylic acids is 1. The monoisotopic (exact) mass is 305 g/mol. The number of rotatable bonds is 4. The number of hydrogen-bond acceptors (Lipinski definition) is 4. The van der Waals surface area contributed by atoms with Crippen LogP contribution in [0.15, 0.2) is 24.3 Å². The number of fused-ring (bicyclic) bond motifs is 2. The summed E-state index contributed by atoms with van der Waals surface area (Å²) in [5.74, 6) is -4.01. The highest BCUT2D eigenvalue weighted by Gasteiger charge is 2.55. The standard InChI is InChI=1S/C15H15NO6/c17-13(16-8-3-1-7(2-4-8)14(18)19)11-9-5-6-10(22-9)12(11)15(20)21/h1-4,9-12H,5-6H2,(H,16,17)(H,18,19)(H,20,21)/t9-,10+,11-,12+/m1/s1. The zero-order valence-electron chi connectivity index (χ0n) is 11.6. The van der Waals surface area contributed by atoms with Crippen molar-refractivity contribution in [1.82, 2.24) is 0 Å². The van der Waals surface area contributed by atoms with E-state index in [2.05, 4.69) is 5.32 Å². The Kier molecular flexibility index (Phi) is 3.58. The Labute approximate surface area is 125 Å². The summed E-state index contributed by atoms with van der Waals surface area (Å²) in [6.07, 6.45) is 0.598. The van der Waals surface area contributed by atoms with Crippen LogP contribution in [0.3, 0.4) is 0 Å². The highest BCUT2D eigenvalue weighted by atomic mass is 16.5. The predicted octanol–water partition coefficient (Wildman–Crippen LogP) is 1.20. The lowest BCUT2D eigenvalue weighted by Gasteiger charge is -2.23. The molecule has 2 bridgehead atoms. The SMILES string of the molecule is O=C(O)c1ccc(NC(=O)[C@H]2[C@@H](C(=O)O)[C@@H]3CC[C@H]2O3)cc1. The van der Waals surface area contributed by atoms with Crippen LogP contribution in [0, 0.1) is 11.8 Å². The molecule has 116 valence electrons. The summed E-state index contributed by atoms with van der Waals surface area (Å²) < 4.78 is 5.55. The number of carboxylic acid groups (broad SMARTS) is 2. The van der Waals surface area contributed by atoms with Crippen molar-refractivity contribution in [1.29, 1.82) is 0 Å². The molecule has 3 N–H and O–H groups in total. The molecule has 4 atom stereocenters. The van der Waals surface area contributed by atoms with Crippen molar-refractivity contribution in [2.24, 2.45) is 11.8 Å². The van der Waals surface area contributed by atoms with E-state index in [1.807, 2.05) is 0 Å². The number of ether oxygens (including phenoxy) is 1. The number of carbonyl (C=O) groups is 3. The number of anilines is 1. The van der Waals surface area contributed by atoms with Crippen molar-refractivity contribution in [3.8, 4) is 0 Å². The molecule has 22 heavy (non-hydrogen) atoms. The molecule has 2 fully saturated rings. The summed E-state index contributed by atoms with van der Waals surface area (Å²) in [4.78, 5) is 34.5. The van der Waals surface area contributed by atoms with Crippen LogP contribution in [-0.2, 0) is 14.3 Å². The number of nitrogens with one attached hydrogen (secondary N) is 1. The average Bonchev–Trinajstić information content (AvgIpc) is 3.08. The van der Waals surface area contributed by atoms with E-state index >= 15 is 0 Å². The molecule has 2 aliphatic rings. The van der Waals surface area contributed by atoms with Gasteiger partial charge in [-0.05, 0) is 37.1 Å². The summed E-state index contributed by atoms with van der Waals surface area (Å²) in [6, 6.07) is 5.71. The Hall–Kier alpha value is -2.41. The predicted molar refractivity (Wildman–Crippen MR) is 74.5 cm³/mol. The first-order valence-corrected chi connectivity index (χ1v) is 7.00. The van der Waals surface area contributed by atoms with Gasteiger partial charge in [-0.3, -0.25) is 9.59 Å². The number of benzene rings is 1. The molecule has 0 aromatic heterocycles. The van der Waals surface area contributed by atoms with E-state index < -0.39 is 35.8 Å². The van der Waals surface area contributed by atoms with Gasteiger partial charge in [-0.25, -0.2) is 4.79 Å². The van der Waals surface area contributed by atoms with Gasteiger partial charge in [-0.1, -0.05) is 0 Å². The minimum absolute atomic E-state index is 0.115. The molecule has 1 amide bonds. The number of aromatic carboxylic acids is 1. The smallest absolute Gasteiger partial charge is 0.335 e. The van der Waals surface area contributed by atoms with Crippen molar-refractivity contribution < 1.29 is 29.3 Å². The molecule has 7 heteroatoms. The molecule has 0 aliphatic carbocycles. The third-order valence-electron chi connectivity index (χ3n) is 4.26. The topological polar surface area (TPSA) is 113 Å². The van der Waals surface area contributed by atoms with Gasteiger partial charge in [0.2, 0.25) is 5.91 Å². The lowest BCUT2D eigenvalue weighted by atomic mass is 9.78. The molecule has 7 nitrogen and oxygen atoms in total. The second kappa shape index (κ2) is 5.42.